The van der Waals surface area contributed by atoms with Gasteiger partial charge in [-0.25, -0.2) is 15.0 Å². The summed E-state index contributed by atoms with van der Waals surface area (Å²) in [4.78, 5) is 38.7. The minimum Gasteiger partial charge on any atom is -0.378 e. The largest absolute Gasteiger partial charge is 0.378 e. The van der Waals surface area contributed by atoms with E-state index >= 15 is 0 Å². The van der Waals surface area contributed by atoms with E-state index in [1.807, 2.05) is 24.3 Å². The molecule has 2 aromatic heterocycles. The molecule has 0 saturated carbocycles. The number of benzene rings is 1. The smallest absolute Gasteiger partial charge is 0.295 e. The molecule has 0 atom stereocenters. The van der Waals surface area contributed by atoms with Gasteiger partial charge < -0.3 is 15.0 Å². The minimum atomic E-state index is -0.443. The number of amides is 2. The van der Waals surface area contributed by atoms with Crippen molar-refractivity contribution in [1.29, 1.82) is 0 Å². The average molecular weight is 424 g/mol. The van der Waals surface area contributed by atoms with Crippen molar-refractivity contribution in [3.63, 3.8) is 0 Å². The number of rotatable bonds is 6. The van der Waals surface area contributed by atoms with Gasteiger partial charge in [-0.1, -0.05) is 0 Å². The molecule has 1 saturated heterocycles. The van der Waals surface area contributed by atoms with E-state index in [0.29, 0.717) is 10.8 Å². The van der Waals surface area contributed by atoms with Crippen LogP contribution in [0.25, 0.3) is 0 Å². The molecular formula is C20H20N6O3S. The van der Waals surface area contributed by atoms with Gasteiger partial charge >= 0.3 is 0 Å². The third kappa shape index (κ3) is 5.16. The predicted octanol–water partition coefficient (Wildman–Crippen LogP) is 2.20. The average Bonchev–Trinajstić information content (AvgIpc) is 3.22. The maximum Gasteiger partial charge on any atom is 0.295 e. The van der Waals surface area contributed by atoms with E-state index in [0.717, 1.165) is 37.7 Å². The summed E-state index contributed by atoms with van der Waals surface area (Å²) in [6.07, 6.45) is 3.10. The van der Waals surface area contributed by atoms with E-state index in [2.05, 4.69) is 30.5 Å². The second kappa shape index (κ2) is 9.42. The maximum atomic E-state index is 12.3. The van der Waals surface area contributed by atoms with Crippen molar-refractivity contribution in [3.05, 3.63) is 59.6 Å². The number of carbonyl (C=O) groups is 2. The maximum absolute atomic E-state index is 12.3. The second-order valence-corrected chi connectivity index (χ2v) is 7.40. The van der Waals surface area contributed by atoms with Gasteiger partial charge in [-0.3, -0.25) is 14.9 Å². The van der Waals surface area contributed by atoms with E-state index in [1.165, 1.54) is 23.7 Å². The van der Waals surface area contributed by atoms with Gasteiger partial charge in [0.15, 0.2) is 5.13 Å². The first-order chi connectivity index (χ1) is 14.7. The fraction of sp³-hybridized carbons (Fsp3) is 0.250. The summed E-state index contributed by atoms with van der Waals surface area (Å²) >= 11 is 1.24. The number of hydrogen-bond acceptors (Lipinski definition) is 8. The van der Waals surface area contributed by atoms with Crippen LogP contribution >= 0.6 is 11.3 Å². The van der Waals surface area contributed by atoms with E-state index in [4.69, 9.17) is 4.74 Å². The Morgan fingerprint density at radius 3 is 2.53 bits per heavy atom. The Morgan fingerprint density at radius 2 is 1.80 bits per heavy atom. The predicted molar refractivity (Wildman–Crippen MR) is 114 cm³/mol. The number of thiazole rings is 1. The monoisotopic (exact) mass is 424 g/mol. The van der Waals surface area contributed by atoms with Crippen molar-refractivity contribution >= 4 is 39.7 Å². The SMILES string of the molecule is O=C(Cc1csc(NC(=O)c2ncccn2)n1)Nc1ccc(N2CCOCC2)cc1. The fourth-order valence-electron chi connectivity index (χ4n) is 2.96. The van der Waals surface area contributed by atoms with Crippen molar-refractivity contribution in [2.45, 2.75) is 6.42 Å². The van der Waals surface area contributed by atoms with E-state index in [1.54, 1.807) is 11.4 Å². The summed E-state index contributed by atoms with van der Waals surface area (Å²) in [6.45, 7) is 3.19. The van der Waals surface area contributed by atoms with Gasteiger partial charge in [0.2, 0.25) is 11.7 Å². The molecular weight excluding hydrogens is 404 g/mol. The lowest BCUT2D eigenvalue weighted by Crippen LogP contribution is -2.36. The molecule has 0 aliphatic carbocycles. The lowest BCUT2D eigenvalue weighted by Gasteiger charge is -2.28. The topological polar surface area (TPSA) is 109 Å². The Labute approximate surface area is 177 Å². The van der Waals surface area contributed by atoms with Gasteiger partial charge in [0.1, 0.15) is 0 Å². The molecule has 0 unspecified atom stereocenters. The highest BCUT2D eigenvalue weighted by molar-refractivity contribution is 7.14. The highest BCUT2D eigenvalue weighted by Crippen LogP contribution is 2.20. The number of ether oxygens (including phenoxy) is 1. The molecule has 0 bridgehead atoms. The van der Waals surface area contributed by atoms with Gasteiger partial charge in [-0.2, -0.15) is 0 Å². The molecule has 4 rings (SSSR count). The van der Waals surface area contributed by atoms with Crippen LogP contribution in [0.5, 0.6) is 0 Å². The summed E-state index contributed by atoms with van der Waals surface area (Å²) in [6, 6.07) is 9.38. The van der Waals surface area contributed by atoms with Gasteiger partial charge in [-0.15, -0.1) is 11.3 Å². The van der Waals surface area contributed by atoms with Crippen molar-refractivity contribution in [2.24, 2.45) is 0 Å². The standard InChI is InChI=1S/C20H20N6O3S/c27-17(23-14-2-4-16(5-3-14)26-8-10-29-11-9-26)12-15-13-30-20(24-15)25-19(28)18-21-6-1-7-22-18/h1-7,13H,8-12H2,(H,23,27)(H,24,25,28). The zero-order chi connectivity index (χ0) is 20.8. The Hall–Kier alpha value is -3.37. The van der Waals surface area contributed by atoms with E-state index < -0.39 is 5.91 Å². The third-order valence-corrected chi connectivity index (χ3v) is 5.22. The van der Waals surface area contributed by atoms with Crippen LogP contribution in [-0.2, 0) is 16.0 Å². The molecule has 3 heterocycles. The fourth-order valence-corrected chi connectivity index (χ4v) is 3.67. The van der Waals surface area contributed by atoms with Crippen LogP contribution in [-0.4, -0.2) is 53.1 Å². The number of nitrogens with zero attached hydrogens (tertiary/aromatic N) is 4. The molecule has 1 aliphatic heterocycles. The van der Waals surface area contributed by atoms with Crippen LogP contribution in [0, 0.1) is 0 Å². The molecule has 0 radical (unpaired) electrons. The van der Waals surface area contributed by atoms with Gasteiger partial charge in [0.25, 0.3) is 5.91 Å². The molecule has 154 valence electrons. The summed E-state index contributed by atoms with van der Waals surface area (Å²) in [5.41, 5.74) is 2.41. The van der Waals surface area contributed by atoms with E-state index in [9.17, 15) is 9.59 Å². The molecule has 1 fully saturated rings. The summed E-state index contributed by atoms with van der Waals surface area (Å²) in [5.74, 6) is -0.558. The van der Waals surface area contributed by atoms with Crippen molar-refractivity contribution in [1.82, 2.24) is 15.0 Å². The Bertz CT molecular complexity index is 1000. The molecule has 2 amide bonds. The summed E-state index contributed by atoms with van der Waals surface area (Å²) < 4.78 is 5.37. The summed E-state index contributed by atoms with van der Waals surface area (Å²) in [7, 11) is 0. The number of morpholine rings is 1. The molecule has 30 heavy (non-hydrogen) atoms. The number of hydrogen-bond donors (Lipinski definition) is 2. The molecule has 10 heteroatoms. The first kappa shape index (κ1) is 19.9. The molecule has 1 aromatic carbocycles. The van der Waals surface area contributed by atoms with E-state index in [-0.39, 0.29) is 18.2 Å². The molecule has 0 spiro atoms. The first-order valence-electron chi connectivity index (χ1n) is 9.43. The number of carbonyl (C=O) groups excluding carboxylic acids is 2. The van der Waals surface area contributed by atoms with Crippen LogP contribution in [0.1, 0.15) is 16.3 Å². The Kier molecular flexibility index (Phi) is 6.26. The van der Waals surface area contributed by atoms with Crippen LogP contribution in [0.4, 0.5) is 16.5 Å². The number of nitrogens with one attached hydrogen (secondary N) is 2. The zero-order valence-corrected chi connectivity index (χ0v) is 16.9. The minimum absolute atomic E-state index is 0.0625. The first-order valence-corrected chi connectivity index (χ1v) is 10.3. The highest BCUT2D eigenvalue weighted by atomic mass is 32.1. The van der Waals surface area contributed by atoms with Gasteiger partial charge in [-0.05, 0) is 30.3 Å². The molecule has 1 aliphatic rings. The van der Waals surface area contributed by atoms with Gasteiger partial charge in [0, 0.05) is 42.2 Å². The normalized spacial score (nSPS) is 13.7. The molecule has 2 N–H and O–H groups in total. The van der Waals surface area contributed by atoms with Crippen LogP contribution in [0.2, 0.25) is 0 Å². The second-order valence-electron chi connectivity index (χ2n) is 6.54. The van der Waals surface area contributed by atoms with Crippen molar-refractivity contribution < 1.29 is 14.3 Å². The lowest BCUT2D eigenvalue weighted by molar-refractivity contribution is -0.115. The lowest BCUT2D eigenvalue weighted by atomic mass is 10.2. The summed E-state index contributed by atoms with van der Waals surface area (Å²) in [5, 5.41) is 7.64. The van der Waals surface area contributed by atoms with Crippen LogP contribution in [0.15, 0.2) is 48.1 Å². The van der Waals surface area contributed by atoms with Crippen molar-refractivity contribution in [3.8, 4) is 0 Å². The number of anilines is 3. The Morgan fingerprint density at radius 1 is 1.07 bits per heavy atom. The van der Waals surface area contributed by atoms with Crippen LogP contribution in [0.3, 0.4) is 0 Å². The highest BCUT2D eigenvalue weighted by Gasteiger charge is 2.14. The van der Waals surface area contributed by atoms with Gasteiger partial charge in [0.05, 0.1) is 25.3 Å². The van der Waals surface area contributed by atoms with Crippen LogP contribution < -0.4 is 15.5 Å². The molecule has 3 aromatic rings. The quantitative estimate of drug-likeness (QED) is 0.624. The number of aromatic nitrogens is 3. The van der Waals surface area contributed by atoms with Crippen molar-refractivity contribution in [2.75, 3.05) is 41.8 Å². The zero-order valence-electron chi connectivity index (χ0n) is 16.1. The Balaban J connectivity index is 1.29. The third-order valence-electron chi connectivity index (χ3n) is 4.41. The molecule has 9 nitrogen and oxygen atoms in total.